The second-order valence-electron chi connectivity index (χ2n) is 5.47. The van der Waals surface area contributed by atoms with E-state index in [9.17, 15) is 14.4 Å². The van der Waals surface area contributed by atoms with Gasteiger partial charge in [0.15, 0.2) is 6.61 Å². The van der Waals surface area contributed by atoms with Crippen molar-refractivity contribution in [1.82, 2.24) is 5.06 Å². The highest BCUT2D eigenvalue weighted by Gasteiger charge is 2.38. The van der Waals surface area contributed by atoms with E-state index in [4.69, 9.17) is 9.57 Å². The Morgan fingerprint density at radius 3 is 2.25 bits per heavy atom. The van der Waals surface area contributed by atoms with Crippen LogP contribution in [0.4, 0.5) is 0 Å². The Labute approximate surface area is 138 Å². The molecule has 6 heteroatoms. The molecule has 0 radical (unpaired) electrons. The highest BCUT2D eigenvalue weighted by atomic mass is 16.7. The predicted molar refractivity (Wildman–Crippen MR) is 84.4 cm³/mol. The van der Waals surface area contributed by atoms with Crippen molar-refractivity contribution in [3.05, 3.63) is 64.7 Å². The Morgan fingerprint density at radius 1 is 1.00 bits per heavy atom. The average molecular weight is 325 g/mol. The Balaban J connectivity index is 1.65. The van der Waals surface area contributed by atoms with Gasteiger partial charge in [-0.3, -0.25) is 9.59 Å². The summed E-state index contributed by atoms with van der Waals surface area (Å²) in [5.41, 5.74) is 2.29. The van der Waals surface area contributed by atoms with Crippen molar-refractivity contribution in [3.8, 4) is 5.75 Å². The number of hydrogen-bond donors (Lipinski definition) is 0. The van der Waals surface area contributed by atoms with E-state index in [0.29, 0.717) is 10.8 Å². The number of benzene rings is 2. The van der Waals surface area contributed by atoms with Gasteiger partial charge in [-0.1, -0.05) is 29.3 Å². The number of carbonyl (C=O) groups is 3. The van der Waals surface area contributed by atoms with Crippen LogP contribution >= 0.6 is 0 Å². The molecule has 0 atom stereocenters. The molecule has 1 heterocycles. The molecule has 0 saturated carbocycles. The van der Waals surface area contributed by atoms with Gasteiger partial charge in [0.2, 0.25) is 0 Å². The summed E-state index contributed by atoms with van der Waals surface area (Å²) in [5, 5.41) is 0.472. The maximum atomic E-state index is 12.1. The van der Waals surface area contributed by atoms with E-state index >= 15 is 0 Å². The second kappa shape index (κ2) is 6.16. The zero-order valence-electron chi connectivity index (χ0n) is 13.2. The van der Waals surface area contributed by atoms with Crippen LogP contribution in [-0.4, -0.2) is 29.5 Å². The summed E-state index contributed by atoms with van der Waals surface area (Å²) < 4.78 is 5.41. The molecule has 0 bridgehead atoms. The number of hydrogen-bond acceptors (Lipinski definition) is 5. The molecule has 0 aromatic heterocycles. The molecule has 0 fully saturated rings. The highest BCUT2D eigenvalue weighted by molar-refractivity contribution is 6.20. The molecule has 0 unspecified atom stereocenters. The van der Waals surface area contributed by atoms with Crippen molar-refractivity contribution in [3.63, 3.8) is 0 Å². The van der Waals surface area contributed by atoms with Gasteiger partial charge in [-0.15, -0.1) is 0 Å². The number of imide groups is 1. The van der Waals surface area contributed by atoms with Gasteiger partial charge in [0.25, 0.3) is 11.8 Å². The van der Waals surface area contributed by atoms with Crippen LogP contribution in [0.2, 0.25) is 0 Å². The van der Waals surface area contributed by atoms with E-state index in [1.807, 2.05) is 26.0 Å². The fourth-order valence-electron chi connectivity index (χ4n) is 2.38. The first-order valence-electron chi connectivity index (χ1n) is 7.36. The number of ether oxygens (including phenoxy) is 1. The SMILES string of the molecule is Cc1ccc(C)c(OCC(=O)ON2C(=O)c3ccccc3C2=O)c1. The molecule has 2 aromatic rings. The van der Waals surface area contributed by atoms with Crippen LogP contribution in [0.3, 0.4) is 0 Å². The first-order valence-corrected chi connectivity index (χ1v) is 7.36. The predicted octanol–water partition coefficient (Wildman–Crippen LogP) is 2.44. The number of amides is 2. The van der Waals surface area contributed by atoms with Gasteiger partial charge in [0, 0.05) is 0 Å². The van der Waals surface area contributed by atoms with E-state index in [-0.39, 0.29) is 11.1 Å². The maximum Gasteiger partial charge on any atom is 0.370 e. The van der Waals surface area contributed by atoms with Crippen LogP contribution in [0.1, 0.15) is 31.8 Å². The van der Waals surface area contributed by atoms with Gasteiger partial charge >= 0.3 is 5.97 Å². The third kappa shape index (κ3) is 2.86. The van der Waals surface area contributed by atoms with Crippen LogP contribution in [0.25, 0.3) is 0 Å². The molecule has 3 rings (SSSR count). The summed E-state index contributed by atoms with van der Waals surface area (Å²) in [6.45, 7) is 3.35. The third-order valence-corrected chi connectivity index (χ3v) is 3.64. The van der Waals surface area contributed by atoms with E-state index in [2.05, 4.69) is 0 Å². The van der Waals surface area contributed by atoms with Crippen LogP contribution in [0.15, 0.2) is 42.5 Å². The Morgan fingerprint density at radius 2 is 1.62 bits per heavy atom. The lowest BCUT2D eigenvalue weighted by atomic mass is 10.1. The fraction of sp³-hybridized carbons (Fsp3) is 0.167. The second-order valence-corrected chi connectivity index (χ2v) is 5.47. The summed E-state index contributed by atoms with van der Waals surface area (Å²) in [5.74, 6) is -1.59. The standard InChI is InChI=1S/C18H15NO5/c1-11-7-8-12(2)15(9-11)23-10-16(20)24-19-17(21)13-5-3-4-6-14(13)18(19)22/h3-9H,10H2,1-2H3. The lowest BCUT2D eigenvalue weighted by molar-refractivity contribution is -0.170. The largest absolute Gasteiger partial charge is 0.482 e. The Bertz CT molecular complexity index is 808. The van der Waals surface area contributed by atoms with E-state index < -0.39 is 24.4 Å². The number of fused-ring (bicyclic) bond motifs is 1. The van der Waals surface area contributed by atoms with Crippen molar-refractivity contribution < 1.29 is 24.0 Å². The van der Waals surface area contributed by atoms with Crippen molar-refractivity contribution >= 4 is 17.8 Å². The number of hydroxylamine groups is 2. The summed E-state index contributed by atoms with van der Waals surface area (Å²) in [6.07, 6.45) is 0. The molecule has 24 heavy (non-hydrogen) atoms. The molecule has 122 valence electrons. The smallest absolute Gasteiger partial charge is 0.370 e. The molecular formula is C18H15NO5. The molecule has 1 aliphatic rings. The van der Waals surface area contributed by atoms with Gasteiger partial charge in [0.05, 0.1) is 11.1 Å². The van der Waals surface area contributed by atoms with E-state index in [1.54, 1.807) is 18.2 Å². The van der Waals surface area contributed by atoms with Crippen molar-refractivity contribution in [2.45, 2.75) is 13.8 Å². The minimum atomic E-state index is -0.828. The van der Waals surface area contributed by atoms with Crippen LogP contribution in [-0.2, 0) is 9.63 Å². The molecule has 0 aliphatic carbocycles. The summed E-state index contributed by atoms with van der Waals surface area (Å²) in [6, 6.07) is 11.9. The van der Waals surface area contributed by atoms with Crippen molar-refractivity contribution in [1.29, 1.82) is 0 Å². The number of carbonyl (C=O) groups excluding carboxylic acids is 3. The summed E-state index contributed by atoms with van der Waals surface area (Å²) in [7, 11) is 0. The van der Waals surface area contributed by atoms with Crippen LogP contribution < -0.4 is 4.74 Å². The Kier molecular flexibility index (Phi) is 4.04. The molecule has 6 nitrogen and oxygen atoms in total. The molecule has 0 saturated heterocycles. The van der Waals surface area contributed by atoms with Crippen LogP contribution in [0.5, 0.6) is 5.75 Å². The van der Waals surface area contributed by atoms with Gasteiger partial charge in [-0.05, 0) is 43.2 Å². The third-order valence-electron chi connectivity index (χ3n) is 3.64. The molecule has 0 N–H and O–H groups in total. The van der Waals surface area contributed by atoms with E-state index in [1.165, 1.54) is 12.1 Å². The molecule has 2 amide bonds. The van der Waals surface area contributed by atoms with Crippen LogP contribution in [0, 0.1) is 13.8 Å². The van der Waals surface area contributed by atoms with Gasteiger partial charge in [-0.25, -0.2) is 4.79 Å². The monoisotopic (exact) mass is 325 g/mol. The topological polar surface area (TPSA) is 72.9 Å². The molecule has 2 aromatic carbocycles. The number of nitrogens with zero attached hydrogens (tertiary/aromatic N) is 1. The minimum Gasteiger partial charge on any atom is -0.482 e. The number of aryl methyl sites for hydroxylation is 2. The fourth-order valence-corrected chi connectivity index (χ4v) is 2.38. The van der Waals surface area contributed by atoms with Crippen molar-refractivity contribution in [2.24, 2.45) is 0 Å². The van der Waals surface area contributed by atoms with Gasteiger partial charge in [-0.2, -0.15) is 0 Å². The minimum absolute atomic E-state index is 0.214. The quantitative estimate of drug-likeness (QED) is 0.807. The highest BCUT2D eigenvalue weighted by Crippen LogP contribution is 2.23. The molecular weight excluding hydrogens is 310 g/mol. The van der Waals surface area contributed by atoms with E-state index in [0.717, 1.165) is 11.1 Å². The van der Waals surface area contributed by atoms with Gasteiger partial charge in [0.1, 0.15) is 5.75 Å². The van der Waals surface area contributed by atoms with Crippen molar-refractivity contribution in [2.75, 3.05) is 6.61 Å². The first kappa shape index (κ1) is 15.7. The molecule has 0 spiro atoms. The molecule has 1 aliphatic heterocycles. The lowest BCUT2D eigenvalue weighted by Gasteiger charge is -2.14. The summed E-state index contributed by atoms with van der Waals surface area (Å²) >= 11 is 0. The zero-order chi connectivity index (χ0) is 17.3. The lowest BCUT2D eigenvalue weighted by Crippen LogP contribution is -2.34. The van der Waals surface area contributed by atoms with Gasteiger partial charge < -0.3 is 9.57 Å². The first-order chi connectivity index (χ1) is 11.5. The number of rotatable bonds is 4. The average Bonchev–Trinajstić information content (AvgIpc) is 2.81. The Hall–Kier alpha value is -3.15. The maximum absolute atomic E-state index is 12.1. The normalized spacial score (nSPS) is 13.0. The zero-order valence-corrected chi connectivity index (χ0v) is 13.2. The summed E-state index contributed by atoms with van der Waals surface area (Å²) in [4.78, 5) is 41.0.